The van der Waals surface area contributed by atoms with Gasteiger partial charge in [-0.15, -0.1) is 11.8 Å². The van der Waals surface area contributed by atoms with E-state index in [0.29, 0.717) is 5.69 Å². The van der Waals surface area contributed by atoms with Crippen LogP contribution in [0.15, 0.2) is 46.9 Å². The molecule has 0 aliphatic heterocycles. The Labute approximate surface area is 122 Å². The number of hydrogen-bond acceptors (Lipinski definition) is 4. The van der Waals surface area contributed by atoms with Gasteiger partial charge in [0.25, 0.3) is 0 Å². The third-order valence-corrected chi connectivity index (χ3v) is 4.02. The number of anilines is 1. The Balaban J connectivity index is 1.65. The molecular formula is C16H16N2OS. The van der Waals surface area contributed by atoms with Crippen LogP contribution in [0.5, 0.6) is 0 Å². The van der Waals surface area contributed by atoms with E-state index in [1.165, 1.54) is 11.1 Å². The Morgan fingerprint density at radius 1 is 1.15 bits per heavy atom. The normalized spacial score (nSPS) is 11.1. The van der Waals surface area contributed by atoms with Gasteiger partial charge in [0.2, 0.25) is 5.89 Å². The predicted octanol–water partition coefficient (Wildman–Crippen LogP) is 4.15. The van der Waals surface area contributed by atoms with Gasteiger partial charge < -0.3 is 10.2 Å². The molecule has 0 fully saturated rings. The summed E-state index contributed by atoms with van der Waals surface area (Å²) in [4.78, 5) is 4.46. The maximum Gasteiger partial charge on any atom is 0.205 e. The van der Waals surface area contributed by atoms with Crippen molar-refractivity contribution in [3.05, 3.63) is 59.5 Å². The largest absolute Gasteiger partial charge is 0.440 e. The van der Waals surface area contributed by atoms with Gasteiger partial charge in [0.15, 0.2) is 5.58 Å². The van der Waals surface area contributed by atoms with Crippen LogP contribution in [0.25, 0.3) is 11.1 Å². The summed E-state index contributed by atoms with van der Waals surface area (Å²) in [5.41, 5.74) is 10.7. The molecule has 0 saturated heterocycles. The van der Waals surface area contributed by atoms with Crippen molar-refractivity contribution in [2.45, 2.75) is 18.4 Å². The van der Waals surface area contributed by atoms with E-state index < -0.39 is 0 Å². The standard InChI is InChI=1S/C16H16N2OS/c1-11-3-2-4-12(7-11)9-20-10-16-18-14-6-5-13(17)8-15(14)19-16/h2-8H,9-10,17H2,1H3. The van der Waals surface area contributed by atoms with Crippen LogP contribution >= 0.6 is 11.8 Å². The molecule has 0 radical (unpaired) electrons. The van der Waals surface area contributed by atoms with Gasteiger partial charge in [-0.3, -0.25) is 0 Å². The van der Waals surface area contributed by atoms with E-state index in [4.69, 9.17) is 10.2 Å². The molecule has 3 aromatic rings. The number of nitrogen functional groups attached to an aromatic ring is 1. The number of oxazole rings is 1. The Morgan fingerprint density at radius 3 is 2.90 bits per heavy atom. The minimum atomic E-state index is 0.701. The molecule has 1 aromatic heterocycles. The average Bonchev–Trinajstić information content (AvgIpc) is 2.80. The molecule has 102 valence electrons. The molecule has 0 saturated carbocycles. The van der Waals surface area contributed by atoms with E-state index in [0.717, 1.165) is 28.5 Å². The van der Waals surface area contributed by atoms with E-state index >= 15 is 0 Å². The van der Waals surface area contributed by atoms with Crippen LogP contribution in [-0.4, -0.2) is 4.98 Å². The van der Waals surface area contributed by atoms with Crippen molar-refractivity contribution in [2.75, 3.05) is 5.73 Å². The second kappa shape index (κ2) is 5.59. The number of nitrogens with zero attached hydrogens (tertiary/aromatic N) is 1. The maximum absolute atomic E-state index is 5.73. The number of aromatic nitrogens is 1. The summed E-state index contributed by atoms with van der Waals surface area (Å²) in [6.45, 7) is 2.11. The summed E-state index contributed by atoms with van der Waals surface area (Å²) in [7, 11) is 0. The first kappa shape index (κ1) is 13.1. The molecule has 2 N–H and O–H groups in total. The van der Waals surface area contributed by atoms with Gasteiger partial charge in [0, 0.05) is 17.5 Å². The van der Waals surface area contributed by atoms with Gasteiger partial charge in [-0.1, -0.05) is 29.8 Å². The van der Waals surface area contributed by atoms with Crippen molar-refractivity contribution in [1.82, 2.24) is 4.98 Å². The summed E-state index contributed by atoms with van der Waals surface area (Å²) in [5, 5.41) is 0. The van der Waals surface area contributed by atoms with Crippen LogP contribution in [0.1, 0.15) is 17.0 Å². The SMILES string of the molecule is Cc1cccc(CSCc2nc3ccc(N)cc3o2)c1. The van der Waals surface area contributed by atoms with Crippen molar-refractivity contribution in [2.24, 2.45) is 0 Å². The van der Waals surface area contributed by atoms with Crippen LogP contribution in [0, 0.1) is 6.92 Å². The number of aryl methyl sites for hydroxylation is 1. The highest BCUT2D eigenvalue weighted by molar-refractivity contribution is 7.97. The lowest BCUT2D eigenvalue weighted by Gasteiger charge is -2.01. The molecule has 1 heterocycles. The Hall–Kier alpha value is -1.94. The van der Waals surface area contributed by atoms with Gasteiger partial charge in [-0.25, -0.2) is 4.98 Å². The van der Waals surface area contributed by atoms with Crippen LogP contribution in [0.4, 0.5) is 5.69 Å². The van der Waals surface area contributed by atoms with Crippen molar-refractivity contribution in [1.29, 1.82) is 0 Å². The van der Waals surface area contributed by atoms with E-state index in [1.807, 2.05) is 18.2 Å². The minimum absolute atomic E-state index is 0.701. The first-order chi connectivity index (χ1) is 9.70. The highest BCUT2D eigenvalue weighted by atomic mass is 32.2. The van der Waals surface area contributed by atoms with Gasteiger partial charge >= 0.3 is 0 Å². The van der Waals surface area contributed by atoms with Gasteiger partial charge in [-0.2, -0.15) is 0 Å². The minimum Gasteiger partial charge on any atom is -0.440 e. The first-order valence-electron chi connectivity index (χ1n) is 6.49. The van der Waals surface area contributed by atoms with E-state index in [1.54, 1.807) is 11.8 Å². The number of fused-ring (bicyclic) bond motifs is 1. The molecule has 0 unspecified atom stereocenters. The molecule has 2 aromatic carbocycles. The second-order valence-electron chi connectivity index (χ2n) is 4.82. The Morgan fingerprint density at radius 2 is 2.05 bits per heavy atom. The average molecular weight is 284 g/mol. The summed E-state index contributed by atoms with van der Waals surface area (Å²) < 4.78 is 5.70. The van der Waals surface area contributed by atoms with Crippen LogP contribution in [-0.2, 0) is 11.5 Å². The first-order valence-corrected chi connectivity index (χ1v) is 7.64. The van der Waals surface area contributed by atoms with Crippen molar-refractivity contribution in [3.63, 3.8) is 0 Å². The smallest absolute Gasteiger partial charge is 0.205 e. The summed E-state index contributed by atoms with van der Waals surface area (Å²) >= 11 is 1.80. The van der Waals surface area contributed by atoms with Crippen LogP contribution in [0.2, 0.25) is 0 Å². The van der Waals surface area contributed by atoms with E-state index in [-0.39, 0.29) is 0 Å². The molecule has 0 atom stereocenters. The third-order valence-electron chi connectivity index (χ3n) is 3.03. The second-order valence-corrected chi connectivity index (χ2v) is 5.80. The zero-order valence-corrected chi connectivity index (χ0v) is 12.1. The summed E-state index contributed by atoms with van der Waals surface area (Å²) in [6.07, 6.45) is 0. The quantitative estimate of drug-likeness (QED) is 0.731. The molecule has 3 rings (SSSR count). The fraction of sp³-hybridized carbons (Fsp3) is 0.188. The molecule has 4 heteroatoms. The van der Waals surface area contributed by atoms with Crippen molar-refractivity contribution in [3.8, 4) is 0 Å². The molecule has 0 bridgehead atoms. The molecule has 0 amide bonds. The zero-order valence-electron chi connectivity index (χ0n) is 11.3. The monoisotopic (exact) mass is 284 g/mol. The number of thioether (sulfide) groups is 1. The summed E-state index contributed by atoms with van der Waals surface area (Å²) in [6, 6.07) is 14.1. The van der Waals surface area contributed by atoms with Crippen molar-refractivity contribution < 1.29 is 4.42 Å². The fourth-order valence-corrected chi connectivity index (χ4v) is 2.92. The Kier molecular flexibility index (Phi) is 3.65. The molecule has 0 aliphatic carbocycles. The number of hydrogen-bond donors (Lipinski definition) is 1. The Bertz CT molecular complexity index is 736. The number of rotatable bonds is 4. The van der Waals surface area contributed by atoms with Gasteiger partial charge in [0.1, 0.15) is 5.52 Å². The number of nitrogens with two attached hydrogens (primary N) is 1. The molecular weight excluding hydrogens is 268 g/mol. The lowest BCUT2D eigenvalue weighted by molar-refractivity contribution is 0.556. The van der Waals surface area contributed by atoms with Crippen molar-refractivity contribution >= 4 is 28.5 Å². The number of benzene rings is 2. The third kappa shape index (κ3) is 2.96. The maximum atomic E-state index is 5.73. The van der Waals surface area contributed by atoms with Crippen LogP contribution in [0.3, 0.4) is 0 Å². The molecule has 20 heavy (non-hydrogen) atoms. The highest BCUT2D eigenvalue weighted by Crippen LogP contribution is 2.23. The van der Waals surface area contributed by atoms with Gasteiger partial charge in [0.05, 0.1) is 5.75 Å². The lowest BCUT2D eigenvalue weighted by Crippen LogP contribution is -1.84. The van der Waals surface area contributed by atoms with Crippen LogP contribution < -0.4 is 5.73 Å². The molecule has 0 spiro atoms. The highest BCUT2D eigenvalue weighted by Gasteiger charge is 2.06. The predicted molar refractivity (Wildman–Crippen MR) is 84.6 cm³/mol. The molecule has 3 nitrogen and oxygen atoms in total. The lowest BCUT2D eigenvalue weighted by atomic mass is 10.2. The topological polar surface area (TPSA) is 52.0 Å². The van der Waals surface area contributed by atoms with Gasteiger partial charge in [-0.05, 0) is 24.6 Å². The molecule has 0 aliphatic rings. The van der Waals surface area contributed by atoms with E-state index in [2.05, 4.69) is 36.2 Å². The summed E-state index contributed by atoms with van der Waals surface area (Å²) in [5.74, 6) is 2.48. The fourth-order valence-electron chi connectivity index (χ4n) is 2.11. The zero-order chi connectivity index (χ0) is 13.9. The van der Waals surface area contributed by atoms with E-state index in [9.17, 15) is 0 Å².